The van der Waals surface area contributed by atoms with Crippen LogP contribution in [0, 0.1) is 12.8 Å². The summed E-state index contributed by atoms with van der Waals surface area (Å²) >= 11 is 0. The first-order valence-electron chi connectivity index (χ1n) is 8.78. The van der Waals surface area contributed by atoms with Crippen molar-refractivity contribution in [1.29, 1.82) is 0 Å². The molecule has 0 radical (unpaired) electrons. The van der Waals surface area contributed by atoms with Crippen LogP contribution in [0.3, 0.4) is 0 Å². The first-order valence-corrected chi connectivity index (χ1v) is 8.78. The Kier molecular flexibility index (Phi) is 4.24. The molecule has 0 atom stereocenters. The number of fused-ring (bicyclic) bond motifs is 1. The van der Waals surface area contributed by atoms with Gasteiger partial charge in [0.1, 0.15) is 0 Å². The first kappa shape index (κ1) is 15.6. The molecule has 6 nitrogen and oxygen atoms in total. The third-order valence-corrected chi connectivity index (χ3v) is 4.83. The lowest BCUT2D eigenvalue weighted by Gasteiger charge is -2.26. The molecule has 2 fully saturated rings. The van der Waals surface area contributed by atoms with E-state index in [1.54, 1.807) is 0 Å². The van der Waals surface area contributed by atoms with E-state index in [9.17, 15) is 4.79 Å². The summed E-state index contributed by atoms with van der Waals surface area (Å²) in [5.41, 5.74) is 2.67. The van der Waals surface area contributed by atoms with Crippen molar-refractivity contribution < 1.29 is 9.53 Å². The molecule has 2 aromatic rings. The van der Waals surface area contributed by atoms with Crippen molar-refractivity contribution in [2.45, 2.75) is 32.4 Å². The second kappa shape index (κ2) is 6.53. The number of hydrogen-bond acceptors (Lipinski definition) is 4. The summed E-state index contributed by atoms with van der Waals surface area (Å²) < 4.78 is 7.57. The number of aromatic nitrogens is 2. The summed E-state index contributed by atoms with van der Waals surface area (Å²) in [7, 11) is 0. The van der Waals surface area contributed by atoms with Crippen LogP contribution in [-0.4, -0.2) is 48.0 Å². The highest BCUT2D eigenvalue weighted by atomic mass is 16.5. The summed E-state index contributed by atoms with van der Waals surface area (Å²) in [6.45, 7) is 6.19. The summed E-state index contributed by atoms with van der Waals surface area (Å²) in [4.78, 5) is 12.4. The average Bonchev–Trinajstić information content (AvgIpc) is 3.25. The van der Waals surface area contributed by atoms with Gasteiger partial charge in [-0.05, 0) is 37.5 Å². The molecule has 24 heavy (non-hydrogen) atoms. The molecular formula is C18H24N4O2. The SMILES string of the molecule is Cc1c(C(=O)NCCOC2CC2)ccc2nn(CC3CNC3)cc12. The van der Waals surface area contributed by atoms with Crippen molar-refractivity contribution in [2.24, 2.45) is 5.92 Å². The third-order valence-electron chi connectivity index (χ3n) is 4.83. The molecule has 1 saturated heterocycles. The van der Waals surface area contributed by atoms with Gasteiger partial charge in [0.2, 0.25) is 0 Å². The van der Waals surface area contributed by atoms with Crippen LogP contribution in [0.5, 0.6) is 0 Å². The lowest BCUT2D eigenvalue weighted by atomic mass is 10.0. The standard InChI is InChI=1S/C18H24N4O2/c1-12-15(18(23)20-6-7-24-14-2-3-14)4-5-17-16(12)11-22(21-17)10-13-8-19-9-13/h4-5,11,13-14,19H,2-3,6-10H2,1H3,(H,20,23). The predicted molar refractivity (Wildman–Crippen MR) is 92.1 cm³/mol. The van der Waals surface area contributed by atoms with Crippen LogP contribution in [0.2, 0.25) is 0 Å². The molecule has 1 aromatic carbocycles. The van der Waals surface area contributed by atoms with Crippen molar-refractivity contribution in [3.05, 3.63) is 29.5 Å². The van der Waals surface area contributed by atoms with Gasteiger partial charge < -0.3 is 15.4 Å². The zero-order valence-corrected chi connectivity index (χ0v) is 14.0. The molecule has 1 saturated carbocycles. The molecule has 6 heteroatoms. The summed E-state index contributed by atoms with van der Waals surface area (Å²) in [5, 5.41) is 11.9. The number of amides is 1. The van der Waals surface area contributed by atoms with E-state index >= 15 is 0 Å². The van der Waals surface area contributed by atoms with Crippen molar-refractivity contribution in [1.82, 2.24) is 20.4 Å². The molecule has 0 bridgehead atoms. The first-order chi connectivity index (χ1) is 11.7. The fraction of sp³-hybridized carbons (Fsp3) is 0.556. The molecule has 1 aliphatic heterocycles. The van der Waals surface area contributed by atoms with E-state index in [2.05, 4.69) is 21.9 Å². The smallest absolute Gasteiger partial charge is 0.251 e. The van der Waals surface area contributed by atoms with E-state index in [4.69, 9.17) is 4.74 Å². The van der Waals surface area contributed by atoms with Crippen LogP contribution in [-0.2, 0) is 11.3 Å². The zero-order chi connectivity index (χ0) is 16.5. The molecule has 2 heterocycles. The predicted octanol–water partition coefficient (Wildman–Crippen LogP) is 1.47. The Labute approximate surface area is 141 Å². The van der Waals surface area contributed by atoms with E-state index in [1.807, 2.05) is 23.7 Å². The Morgan fingerprint density at radius 3 is 2.96 bits per heavy atom. The maximum Gasteiger partial charge on any atom is 0.251 e. The van der Waals surface area contributed by atoms with Crippen molar-refractivity contribution in [2.75, 3.05) is 26.2 Å². The molecule has 1 aromatic heterocycles. The van der Waals surface area contributed by atoms with E-state index in [0.717, 1.165) is 54.5 Å². The van der Waals surface area contributed by atoms with Crippen LogP contribution in [0.4, 0.5) is 0 Å². The molecule has 128 valence electrons. The quantitative estimate of drug-likeness (QED) is 0.756. The Hall–Kier alpha value is -1.92. The molecule has 2 aliphatic rings. The van der Waals surface area contributed by atoms with Crippen LogP contribution in [0.25, 0.3) is 10.9 Å². The number of hydrogen-bond donors (Lipinski definition) is 2. The Balaban J connectivity index is 1.43. The van der Waals surface area contributed by atoms with E-state index in [-0.39, 0.29) is 5.91 Å². The fourth-order valence-electron chi connectivity index (χ4n) is 3.08. The second-order valence-electron chi connectivity index (χ2n) is 6.87. The lowest BCUT2D eigenvalue weighted by Crippen LogP contribution is -2.44. The molecule has 1 aliphatic carbocycles. The van der Waals surface area contributed by atoms with Crippen LogP contribution in [0.1, 0.15) is 28.8 Å². The number of carbonyl (C=O) groups is 1. The molecule has 1 amide bonds. The lowest BCUT2D eigenvalue weighted by molar-refractivity contribution is 0.0898. The van der Waals surface area contributed by atoms with Crippen molar-refractivity contribution >= 4 is 16.8 Å². The summed E-state index contributed by atoms with van der Waals surface area (Å²) in [6.07, 6.45) is 4.81. The minimum atomic E-state index is -0.0373. The number of ether oxygens (including phenoxy) is 1. The van der Waals surface area contributed by atoms with Gasteiger partial charge in [0.15, 0.2) is 0 Å². The van der Waals surface area contributed by atoms with E-state index in [1.165, 1.54) is 0 Å². The minimum absolute atomic E-state index is 0.0373. The topological polar surface area (TPSA) is 68.2 Å². The number of aryl methyl sites for hydroxylation is 1. The van der Waals surface area contributed by atoms with E-state index in [0.29, 0.717) is 25.2 Å². The van der Waals surface area contributed by atoms with Crippen LogP contribution < -0.4 is 10.6 Å². The highest BCUT2D eigenvalue weighted by molar-refractivity contribution is 6.00. The van der Waals surface area contributed by atoms with Gasteiger partial charge in [-0.25, -0.2) is 0 Å². The van der Waals surface area contributed by atoms with Crippen molar-refractivity contribution in [3.63, 3.8) is 0 Å². The van der Waals surface area contributed by atoms with Gasteiger partial charge >= 0.3 is 0 Å². The summed E-state index contributed by atoms with van der Waals surface area (Å²) in [6, 6.07) is 3.81. The highest BCUT2D eigenvalue weighted by Gasteiger charge is 2.22. The largest absolute Gasteiger partial charge is 0.376 e. The molecule has 2 N–H and O–H groups in total. The van der Waals surface area contributed by atoms with Gasteiger partial charge in [0.05, 0.1) is 18.2 Å². The number of benzene rings is 1. The molecule has 0 unspecified atom stereocenters. The van der Waals surface area contributed by atoms with Gasteiger partial charge in [-0.3, -0.25) is 9.48 Å². The number of nitrogens with zero attached hydrogens (tertiary/aromatic N) is 2. The number of rotatable bonds is 7. The highest BCUT2D eigenvalue weighted by Crippen LogP contribution is 2.23. The summed E-state index contributed by atoms with van der Waals surface area (Å²) in [5.74, 6) is 0.624. The Bertz CT molecular complexity index is 747. The van der Waals surface area contributed by atoms with Gasteiger partial charge in [0.25, 0.3) is 5.91 Å². The molecule has 0 spiro atoms. The van der Waals surface area contributed by atoms with Gasteiger partial charge in [0, 0.05) is 49.2 Å². The second-order valence-corrected chi connectivity index (χ2v) is 6.87. The van der Waals surface area contributed by atoms with Crippen LogP contribution >= 0.6 is 0 Å². The Morgan fingerprint density at radius 2 is 2.25 bits per heavy atom. The zero-order valence-electron chi connectivity index (χ0n) is 14.0. The number of carbonyl (C=O) groups excluding carboxylic acids is 1. The average molecular weight is 328 g/mol. The van der Waals surface area contributed by atoms with Crippen molar-refractivity contribution in [3.8, 4) is 0 Å². The monoisotopic (exact) mass is 328 g/mol. The van der Waals surface area contributed by atoms with Gasteiger partial charge in [-0.15, -0.1) is 0 Å². The Morgan fingerprint density at radius 1 is 1.42 bits per heavy atom. The van der Waals surface area contributed by atoms with Gasteiger partial charge in [-0.2, -0.15) is 5.10 Å². The number of nitrogens with one attached hydrogen (secondary N) is 2. The van der Waals surface area contributed by atoms with Gasteiger partial charge in [-0.1, -0.05) is 0 Å². The minimum Gasteiger partial charge on any atom is -0.376 e. The fourth-order valence-corrected chi connectivity index (χ4v) is 3.08. The van der Waals surface area contributed by atoms with E-state index < -0.39 is 0 Å². The molecular weight excluding hydrogens is 304 g/mol. The maximum atomic E-state index is 12.4. The third kappa shape index (κ3) is 3.30. The van der Waals surface area contributed by atoms with Crippen LogP contribution in [0.15, 0.2) is 18.3 Å². The maximum absolute atomic E-state index is 12.4. The molecule has 4 rings (SSSR count). The normalized spacial score (nSPS) is 17.9.